The Bertz CT molecular complexity index is 280. The number of nitrogens with one attached hydrogen (secondary N) is 1. The van der Waals surface area contributed by atoms with Crippen LogP contribution in [0.3, 0.4) is 0 Å². The molecule has 0 radical (unpaired) electrons. The molecule has 2 rings (SSSR count). The Labute approximate surface area is 125 Å². The smallest absolute Gasteiger partial charge is 0.0478 e. The van der Waals surface area contributed by atoms with Gasteiger partial charge < -0.3 is 10.1 Å². The summed E-state index contributed by atoms with van der Waals surface area (Å²) in [4.78, 5) is 2.72. The van der Waals surface area contributed by atoms with Crippen molar-refractivity contribution in [2.75, 3.05) is 32.8 Å². The SMILES string of the molecule is CCCCOCCCN1CC(C)(C2CC2)NCC1CC. The van der Waals surface area contributed by atoms with Gasteiger partial charge in [-0.2, -0.15) is 0 Å². The van der Waals surface area contributed by atoms with Crippen LogP contribution in [0.25, 0.3) is 0 Å². The van der Waals surface area contributed by atoms with Crippen molar-refractivity contribution < 1.29 is 4.74 Å². The molecule has 0 aromatic carbocycles. The summed E-state index contributed by atoms with van der Waals surface area (Å²) >= 11 is 0. The van der Waals surface area contributed by atoms with Crippen molar-refractivity contribution in [3.05, 3.63) is 0 Å². The number of nitrogens with zero attached hydrogens (tertiary/aromatic N) is 1. The van der Waals surface area contributed by atoms with E-state index in [1.807, 2.05) is 0 Å². The van der Waals surface area contributed by atoms with E-state index in [9.17, 15) is 0 Å². The third-order valence-corrected chi connectivity index (χ3v) is 5.12. The summed E-state index contributed by atoms with van der Waals surface area (Å²) in [5, 5.41) is 3.83. The van der Waals surface area contributed by atoms with Crippen molar-refractivity contribution in [2.45, 2.75) is 70.9 Å². The minimum atomic E-state index is 0.370. The molecule has 3 nitrogen and oxygen atoms in total. The van der Waals surface area contributed by atoms with Crippen molar-refractivity contribution in [1.29, 1.82) is 0 Å². The second-order valence-corrected chi connectivity index (χ2v) is 6.92. The van der Waals surface area contributed by atoms with Gasteiger partial charge in [0, 0.05) is 44.4 Å². The van der Waals surface area contributed by atoms with Gasteiger partial charge in [0.2, 0.25) is 0 Å². The van der Waals surface area contributed by atoms with Crippen LogP contribution in [-0.2, 0) is 4.74 Å². The van der Waals surface area contributed by atoms with Crippen molar-refractivity contribution in [3.8, 4) is 0 Å². The van der Waals surface area contributed by atoms with Crippen LogP contribution in [-0.4, -0.2) is 49.3 Å². The van der Waals surface area contributed by atoms with Gasteiger partial charge in [-0.15, -0.1) is 0 Å². The van der Waals surface area contributed by atoms with Gasteiger partial charge in [-0.1, -0.05) is 20.3 Å². The van der Waals surface area contributed by atoms with E-state index in [0.717, 1.165) is 25.2 Å². The minimum Gasteiger partial charge on any atom is -0.381 e. The molecule has 20 heavy (non-hydrogen) atoms. The van der Waals surface area contributed by atoms with Gasteiger partial charge in [-0.25, -0.2) is 0 Å². The Morgan fingerprint density at radius 1 is 1.20 bits per heavy atom. The zero-order valence-corrected chi connectivity index (χ0v) is 13.8. The van der Waals surface area contributed by atoms with E-state index in [4.69, 9.17) is 4.74 Å². The van der Waals surface area contributed by atoms with Crippen LogP contribution < -0.4 is 5.32 Å². The molecular formula is C17H34N2O. The van der Waals surface area contributed by atoms with Gasteiger partial charge in [0.1, 0.15) is 0 Å². The van der Waals surface area contributed by atoms with E-state index in [0.29, 0.717) is 5.54 Å². The summed E-state index contributed by atoms with van der Waals surface area (Å²) in [6, 6.07) is 0.720. The van der Waals surface area contributed by atoms with E-state index in [-0.39, 0.29) is 0 Å². The zero-order valence-electron chi connectivity index (χ0n) is 13.8. The van der Waals surface area contributed by atoms with Gasteiger partial charge >= 0.3 is 0 Å². The molecule has 0 spiro atoms. The molecule has 2 unspecified atom stereocenters. The molecule has 0 aromatic heterocycles. The molecule has 0 bridgehead atoms. The van der Waals surface area contributed by atoms with Gasteiger partial charge in [0.15, 0.2) is 0 Å². The number of ether oxygens (including phenoxy) is 1. The lowest BCUT2D eigenvalue weighted by atomic mass is 9.90. The number of piperazine rings is 1. The fourth-order valence-corrected chi connectivity index (χ4v) is 3.46. The molecule has 1 saturated carbocycles. The van der Waals surface area contributed by atoms with E-state index in [1.54, 1.807) is 0 Å². The highest BCUT2D eigenvalue weighted by Crippen LogP contribution is 2.41. The Kier molecular flexibility index (Phi) is 6.31. The minimum absolute atomic E-state index is 0.370. The van der Waals surface area contributed by atoms with Crippen LogP contribution in [0.1, 0.15) is 59.3 Å². The highest BCUT2D eigenvalue weighted by Gasteiger charge is 2.45. The van der Waals surface area contributed by atoms with Crippen molar-refractivity contribution in [2.24, 2.45) is 5.92 Å². The van der Waals surface area contributed by atoms with Crippen LogP contribution >= 0.6 is 0 Å². The fraction of sp³-hybridized carbons (Fsp3) is 1.00. The first-order valence-electron chi connectivity index (χ1n) is 8.76. The Morgan fingerprint density at radius 3 is 2.60 bits per heavy atom. The third kappa shape index (κ3) is 4.44. The first-order chi connectivity index (χ1) is 9.69. The van der Waals surface area contributed by atoms with Crippen molar-refractivity contribution >= 4 is 0 Å². The van der Waals surface area contributed by atoms with Gasteiger partial charge in [0.05, 0.1) is 0 Å². The van der Waals surface area contributed by atoms with Gasteiger partial charge in [-0.3, -0.25) is 4.90 Å². The molecule has 1 aliphatic carbocycles. The molecule has 3 heteroatoms. The molecule has 2 aliphatic rings. The normalized spacial score (nSPS) is 31.6. The van der Waals surface area contributed by atoms with Crippen LogP contribution in [0.2, 0.25) is 0 Å². The van der Waals surface area contributed by atoms with E-state index in [2.05, 4.69) is 31.0 Å². The highest BCUT2D eigenvalue weighted by atomic mass is 16.5. The molecular weight excluding hydrogens is 248 g/mol. The quantitative estimate of drug-likeness (QED) is 0.658. The van der Waals surface area contributed by atoms with E-state index < -0.39 is 0 Å². The van der Waals surface area contributed by atoms with Crippen molar-refractivity contribution in [3.63, 3.8) is 0 Å². The predicted octanol–water partition coefficient (Wildman–Crippen LogP) is 3.05. The molecule has 2 fully saturated rings. The summed E-state index contributed by atoms with van der Waals surface area (Å²) in [6.45, 7) is 12.4. The summed E-state index contributed by atoms with van der Waals surface area (Å²) in [6.07, 6.45) is 7.72. The maximum atomic E-state index is 5.70. The number of hydrogen-bond acceptors (Lipinski definition) is 3. The van der Waals surface area contributed by atoms with Crippen LogP contribution in [0.4, 0.5) is 0 Å². The van der Waals surface area contributed by atoms with Crippen LogP contribution in [0.5, 0.6) is 0 Å². The molecule has 0 aromatic rings. The number of unbranched alkanes of at least 4 members (excludes halogenated alkanes) is 1. The molecule has 2 atom stereocenters. The molecule has 1 aliphatic heterocycles. The topological polar surface area (TPSA) is 24.5 Å². The molecule has 1 saturated heterocycles. The standard InChI is InChI=1S/C17H34N2O/c1-4-6-11-20-12-7-10-19-14-17(3,15-8-9-15)18-13-16(19)5-2/h15-16,18H,4-14H2,1-3H3. The first kappa shape index (κ1) is 16.3. The summed E-state index contributed by atoms with van der Waals surface area (Å²) < 4.78 is 5.70. The monoisotopic (exact) mass is 282 g/mol. The second-order valence-electron chi connectivity index (χ2n) is 6.92. The lowest BCUT2D eigenvalue weighted by Crippen LogP contribution is -2.63. The Hall–Kier alpha value is -0.120. The van der Waals surface area contributed by atoms with E-state index in [1.165, 1.54) is 58.2 Å². The number of hydrogen-bond donors (Lipinski definition) is 1. The molecule has 1 heterocycles. The number of rotatable bonds is 9. The summed E-state index contributed by atoms with van der Waals surface area (Å²) in [7, 11) is 0. The summed E-state index contributed by atoms with van der Waals surface area (Å²) in [5.41, 5.74) is 0.370. The molecule has 1 N–H and O–H groups in total. The average Bonchev–Trinajstić information content (AvgIpc) is 3.28. The highest BCUT2D eigenvalue weighted by molar-refractivity contribution is 5.03. The van der Waals surface area contributed by atoms with Crippen molar-refractivity contribution in [1.82, 2.24) is 10.2 Å². The zero-order chi connectivity index (χ0) is 14.4. The van der Waals surface area contributed by atoms with Gasteiger partial charge in [-0.05, 0) is 44.9 Å². The maximum absolute atomic E-state index is 5.70. The van der Waals surface area contributed by atoms with E-state index >= 15 is 0 Å². The predicted molar refractivity (Wildman–Crippen MR) is 85.1 cm³/mol. The first-order valence-corrected chi connectivity index (χ1v) is 8.76. The average molecular weight is 282 g/mol. The van der Waals surface area contributed by atoms with Crippen LogP contribution in [0, 0.1) is 5.92 Å². The lowest BCUT2D eigenvalue weighted by Gasteiger charge is -2.46. The second kappa shape index (κ2) is 7.77. The summed E-state index contributed by atoms with van der Waals surface area (Å²) in [5.74, 6) is 0.920. The molecule has 0 amide bonds. The van der Waals surface area contributed by atoms with Crippen LogP contribution in [0.15, 0.2) is 0 Å². The maximum Gasteiger partial charge on any atom is 0.0478 e. The lowest BCUT2D eigenvalue weighted by molar-refractivity contribution is 0.0577. The fourth-order valence-electron chi connectivity index (χ4n) is 3.46. The Morgan fingerprint density at radius 2 is 1.95 bits per heavy atom. The Balaban J connectivity index is 1.71. The molecule has 118 valence electrons. The third-order valence-electron chi connectivity index (χ3n) is 5.12. The largest absolute Gasteiger partial charge is 0.381 e. The van der Waals surface area contributed by atoms with Gasteiger partial charge in [0.25, 0.3) is 0 Å².